The zero-order chi connectivity index (χ0) is 22.5. The van der Waals surface area contributed by atoms with E-state index in [-0.39, 0.29) is 18.3 Å². The van der Waals surface area contributed by atoms with E-state index >= 15 is 0 Å². The van der Waals surface area contributed by atoms with Gasteiger partial charge in [-0.1, -0.05) is 35.9 Å². The van der Waals surface area contributed by atoms with Gasteiger partial charge in [0.2, 0.25) is 5.89 Å². The molecule has 4 nitrogen and oxygen atoms in total. The number of carbonyl (C=O) groups excluding carboxylic acids is 1. The molecule has 0 saturated heterocycles. The number of amides is 1. The molecule has 0 spiro atoms. The maximum atomic E-state index is 13.7. The Morgan fingerprint density at radius 1 is 1.00 bits per heavy atom. The van der Waals surface area contributed by atoms with Crippen LogP contribution in [0.15, 0.2) is 82.1 Å². The van der Waals surface area contributed by atoms with Crippen LogP contribution in [-0.2, 0) is 12.3 Å². The summed E-state index contributed by atoms with van der Waals surface area (Å²) in [6, 6.07) is 21.8. The molecule has 1 amide bonds. The van der Waals surface area contributed by atoms with Crippen LogP contribution in [0.3, 0.4) is 0 Å². The van der Waals surface area contributed by atoms with Gasteiger partial charge in [0.25, 0.3) is 5.91 Å². The quantitative estimate of drug-likeness (QED) is 0.338. The molecule has 0 aliphatic rings. The molecule has 0 saturated carbocycles. The van der Waals surface area contributed by atoms with E-state index in [9.17, 15) is 9.18 Å². The average molecular weight is 447 g/mol. The van der Waals surface area contributed by atoms with Crippen molar-refractivity contribution in [2.75, 3.05) is 0 Å². The predicted molar refractivity (Wildman–Crippen MR) is 125 cm³/mol. The molecule has 1 heterocycles. The Morgan fingerprint density at radius 2 is 1.72 bits per heavy atom. The van der Waals surface area contributed by atoms with Gasteiger partial charge >= 0.3 is 0 Å². The van der Waals surface area contributed by atoms with Gasteiger partial charge in [0.05, 0.1) is 5.69 Å². The van der Waals surface area contributed by atoms with Crippen molar-refractivity contribution in [2.45, 2.75) is 31.0 Å². The number of hydrogen-bond donors (Lipinski definition) is 1. The van der Waals surface area contributed by atoms with Crippen LogP contribution in [0.5, 0.6) is 0 Å². The highest BCUT2D eigenvalue weighted by Crippen LogP contribution is 2.28. The van der Waals surface area contributed by atoms with Crippen molar-refractivity contribution in [3.63, 3.8) is 0 Å². The minimum Gasteiger partial charge on any atom is -0.441 e. The molecule has 0 fully saturated rings. The second-order valence-electron chi connectivity index (χ2n) is 7.48. The molecule has 0 aliphatic carbocycles. The Balaban J connectivity index is 1.39. The SMILES string of the molecule is Cc1ccc(SCc2nc(-c3ccc(C(=O)NCc4ccccc4F)cc3)oc2C)cc1. The van der Waals surface area contributed by atoms with Crippen LogP contribution in [0, 0.1) is 19.7 Å². The number of oxazole rings is 1. The summed E-state index contributed by atoms with van der Waals surface area (Å²) in [6.45, 7) is 4.11. The third-order valence-corrected chi connectivity index (χ3v) is 6.10. The molecule has 3 aromatic carbocycles. The highest BCUT2D eigenvalue weighted by molar-refractivity contribution is 7.98. The molecule has 0 radical (unpaired) electrons. The largest absolute Gasteiger partial charge is 0.441 e. The lowest BCUT2D eigenvalue weighted by Crippen LogP contribution is -2.23. The smallest absolute Gasteiger partial charge is 0.251 e. The first-order chi connectivity index (χ1) is 15.5. The van der Waals surface area contributed by atoms with Crippen LogP contribution in [-0.4, -0.2) is 10.9 Å². The summed E-state index contributed by atoms with van der Waals surface area (Å²) in [5.41, 5.74) is 3.87. The number of benzene rings is 3. The summed E-state index contributed by atoms with van der Waals surface area (Å²) in [5.74, 6) is 1.43. The molecule has 32 heavy (non-hydrogen) atoms. The van der Waals surface area contributed by atoms with Crippen molar-refractivity contribution in [3.8, 4) is 11.5 Å². The number of nitrogens with zero attached hydrogens (tertiary/aromatic N) is 1. The number of aromatic nitrogens is 1. The van der Waals surface area contributed by atoms with E-state index in [1.807, 2.05) is 6.92 Å². The zero-order valence-corrected chi connectivity index (χ0v) is 18.7. The highest BCUT2D eigenvalue weighted by Gasteiger charge is 2.13. The Labute approximate surface area is 190 Å². The van der Waals surface area contributed by atoms with Crippen LogP contribution in [0.4, 0.5) is 4.39 Å². The predicted octanol–water partition coefficient (Wildman–Crippen LogP) is 6.32. The molecule has 1 N–H and O–H groups in total. The lowest BCUT2D eigenvalue weighted by Gasteiger charge is -2.06. The monoisotopic (exact) mass is 446 g/mol. The molecule has 4 rings (SSSR count). The first-order valence-corrected chi connectivity index (χ1v) is 11.3. The molecule has 162 valence electrons. The summed E-state index contributed by atoms with van der Waals surface area (Å²) in [7, 11) is 0. The second-order valence-corrected chi connectivity index (χ2v) is 8.52. The Hall–Kier alpha value is -3.38. The van der Waals surface area contributed by atoms with E-state index in [1.54, 1.807) is 54.2 Å². The number of aryl methyl sites for hydroxylation is 2. The fraction of sp³-hybridized carbons (Fsp3) is 0.154. The van der Waals surface area contributed by atoms with E-state index in [2.05, 4.69) is 41.5 Å². The molecule has 0 aliphatic heterocycles. The Morgan fingerprint density at radius 3 is 2.44 bits per heavy atom. The van der Waals surface area contributed by atoms with Gasteiger partial charge in [0.1, 0.15) is 11.6 Å². The standard InChI is InChI=1S/C26H23FN2O2S/c1-17-7-13-22(14-8-17)32-16-24-18(2)31-26(29-24)20-11-9-19(10-12-20)25(30)28-15-21-5-3-4-6-23(21)27/h3-14H,15-16H2,1-2H3,(H,28,30). The van der Waals surface area contributed by atoms with Crippen molar-refractivity contribution in [2.24, 2.45) is 0 Å². The molecular formula is C26H23FN2O2S. The van der Waals surface area contributed by atoms with Gasteiger partial charge in [0.15, 0.2) is 0 Å². The van der Waals surface area contributed by atoms with Crippen LogP contribution in [0.2, 0.25) is 0 Å². The molecule has 1 aromatic heterocycles. The Kier molecular flexibility index (Phi) is 6.71. The minimum absolute atomic E-state index is 0.133. The number of carbonyl (C=O) groups is 1. The molecule has 0 unspecified atom stereocenters. The number of nitrogens with one attached hydrogen (secondary N) is 1. The van der Waals surface area contributed by atoms with Crippen LogP contribution in [0.1, 0.15) is 32.9 Å². The average Bonchev–Trinajstić information content (AvgIpc) is 3.18. The van der Waals surface area contributed by atoms with Crippen molar-refractivity contribution >= 4 is 17.7 Å². The number of halogens is 1. The van der Waals surface area contributed by atoms with E-state index < -0.39 is 0 Å². The number of rotatable bonds is 7. The first-order valence-electron chi connectivity index (χ1n) is 10.3. The van der Waals surface area contributed by atoms with Crippen molar-refractivity contribution < 1.29 is 13.6 Å². The summed E-state index contributed by atoms with van der Waals surface area (Å²) in [4.78, 5) is 18.2. The van der Waals surface area contributed by atoms with Crippen molar-refractivity contribution in [1.82, 2.24) is 10.3 Å². The summed E-state index contributed by atoms with van der Waals surface area (Å²) in [5, 5.41) is 2.74. The fourth-order valence-corrected chi connectivity index (χ4v) is 4.05. The summed E-state index contributed by atoms with van der Waals surface area (Å²) >= 11 is 1.71. The normalized spacial score (nSPS) is 10.8. The van der Waals surface area contributed by atoms with Crippen LogP contribution < -0.4 is 5.32 Å². The minimum atomic E-state index is -0.334. The maximum Gasteiger partial charge on any atom is 0.251 e. The lowest BCUT2D eigenvalue weighted by atomic mass is 10.1. The van der Waals surface area contributed by atoms with Crippen molar-refractivity contribution in [3.05, 3.63) is 107 Å². The first kappa shape index (κ1) is 21.8. The number of thioether (sulfide) groups is 1. The van der Waals surface area contributed by atoms with Gasteiger partial charge in [-0.05, 0) is 56.3 Å². The van der Waals surface area contributed by atoms with Gasteiger partial charge in [-0.25, -0.2) is 9.37 Å². The molecular weight excluding hydrogens is 423 g/mol. The van der Waals surface area contributed by atoms with E-state index in [4.69, 9.17) is 4.42 Å². The van der Waals surface area contributed by atoms with Gasteiger partial charge in [0, 0.05) is 33.9 Å². The van der Waals surface area contributed by atoms with Crippen LogP contribution in [0.25, 0.3) is 11.5 Å². The summed E-state index contributed by atoms with van der Waals surface area (Å²) in [6.07, 6.45) is 0. The van der Waals surface area contributed by atoms with Gasteiger partial charge in [-0.2, -0.15) is 0 Å². The molecule has 0 bridgehead atoms. The zero-order valence-electron chi connectivity index (χ0n) is 17.9. The van der Waals surface area contributed by atoms with Crippen LogP contribution >= 0.6 is 11.8 Å². The molecule has 6 heteroatoms. The van der Waals surface area contributed by atoms with Gasteiger partial charge in [-0.15, -0.1) is 11.8 Å². The third kappa shape index (κ3) is 5.26. The maximum absolute atomic E-state index is 13.7. The van der Waals surface area contributed by atoms with Crippen molar-refractivity contribution in [1.29, 1.82) is 0 Å². The molecule has 4 aromatic rings. The molecule has 0 atom stereocenters. The van der Waals surface area contributed by atoms with Gasteiger partial charge in [-0.3, -0.25) is 4.79 Å². The Bertz CT molecular complexity index is 1220. The lowest BCUT2D eigenvalue weighted by molar-refractivity contribution is 0.0950. The van der Waals surface area contributed by atoms with E-state index in [1.165, 1.54) is 16.5 Å². The van der Waals surface area contributed by atoms with E-state index in [0.29, 0.717) is 17.0 Å². The second kappa shape index (κ2) is 9.83. The third-order valence-electron chi connectivity index (χ3n) is 5.08. The number of hydrogen-bond acceptors (Lipinski definition) is 4. The van der Waals surface area contributed by atoms with E-state index in [0.717, 1.165) is 22.8 Å². The highest BCUT2D eigenvalue weighted by atomic mass is 32.2. The summed E-state index contributed by atoms with van der Waals surface area (Å²) < 4.78 is 19.6. The fourth-order valence-electron chi connectivity index (χ4n) is 3.16. The topological polar surface area (TPSA) is 55.1 Å². The van der Waals surface area contributed by atoms with Gasteiger partial charge < -0.3 is 9.73 Å².